The standard InChI is InChI=1S/C18H23NO5/c1-10-7-14(23-2)15(24-3)8-13(10)17(20)19-9-11-5-4-6-12(11)16(19)18(21)22/h7-8,11-12,16H,4-6,9H2,1-3H3,(H,21,22). The molecule has 2 aliphatic rings. The second-order valence-corrected chi connectivity index (χ2v) is 6.62. The van der Waals surface area contributed by atoms with Crippen LogP contribution in [0.15, 0.2) is 12.1 Å². The van der Waals surface area contributed by atoms with Gasteiger partial charge in [-0.05, 0) is 49.3 Å². The number of rotatable bonds is 4. The van der Waals surface area contributed by atoms with Crippen molar-refractivity contribution in [3.63, 3.8) is 0 Å². The zero-order chi connectivity index (χ0) is 17.4. The molecule has 24 heavy (non-hydrogen) atoms. The molecule has 1 aromatic carbocycles. The molecule has 2 fully saturated rings. The fourth-order valence-electron chi connectivity index (χ4n) is 4.20. The summed E-state index contributed by atoms with van der Waals surface area (Å²) in [5.74, 6) is 0.255. The van der Waals surface area contributed by atoms with Crippen molar-refractivity contribution in [2.45, 2.75) is 32.2 Å². The maximum atomic E-state index is 13.0. The Bertz CT molecular complexity index is 672. The molecule has 1 N–H and O–H groups in total. The molecule has 3 atom stereocenters. The predicted octanol–water partition coefficient (Wildman–Crippen LogP) is 2.34. The van der Waals surface area contributed by atoms with E-state index in [4.69, 9.17) is 9.47 Å². The van der Waals surface area contributed by atoms with Gasteiger partial charge in [0, 0.05) is 12.1 Å². The molecule has 0 spiro atoms. The summed E-state index contributed by atoms with van der Waals surface area (Å²) in [6.07, 6.45) is 2.94. The first-order valence-corrected chi connectivity index (χ1v) is 8.24. The van der Waals surface area contributed by atoms with Crippen LogP contribution in [0.25, 0.3) is 0 Å². The van der Waals surface area contributed by atoms with E-state index in [1.165, 1.54) is 12.0 Å². The number of carbonyl (C=O) groups excluding carboxylic acids is 1. The summed E-state index contributed by atoms with van der Waals surface area (Å²) in [6.45, 7) is 2.34. The summed E-state index contributed by atoms with van der Waals surface area (Å²) >= 11 is 0. The molecule has 1 saturated carbocycles. The number of methoxy groups -OCH3 is 2. The number of aliphatic carboxylic acids is 1. The second kappa shape index (κ2) is 6.34. The van der Waals surface area contributed by atoms with Gasteiger partial charge in [-0.15, -0.1) is 0 Å². The molecule has 1 aliphatic carbocycles. The third kappa shape index (κ3) is 2.60. The van der Waals surface area contributed by atoms with Gasteiger partial charge < -0.3 is 19.5 Å². The van der Waals surface area contributed by atoms with Crippen LogP contribution < -0.4 is 9.47 Å². The Labute approximate surface area is 141 Å². The highest BCUT2D eigenvalue weighted by atomic mass is 16.5. The lowest BCUT2D eigenvalue weighted by molar-refractivity contribution is -0.142. The molecule has 3 unspecified atom stereocenters. The predicted molar refractivity (Wildman–Crippen MR) is 87.6 cm³/mol. The fraction of sp³-hybridized carbons (Fsp3) is 0.556. The van der Waals surface area contributed by atoms with Crippen LogP contribution in [0, 0.1) is 18.8 Å². The number of aryl methyl sites for hydroxylation is 1. The molecule has 1 aromatic rings. The number of hydrogen-bond donors (Lipinski definition) is 1. The van der Waals surface area contributed by atoms with Gasteiger partial charge in [0.05, 0.1) is 14.2 Å². The van der Waals surface area contributed by atoms with Crippen LogP contribution in [0.5, 0.6) is 11.5 Å². The molecule has 1 amide bonds. The van der Waals surface area contributed by atoms with E-state index in [1.807, 2.05) is 6.92 Å². The Kier molecular flexibility index (Phi) is 4.39. The molecule has 6 nitrogen and oxygen atoms in total. The number of likely N-dealkylation sites (tertiary alicyclic amines) is 1. The topological polar surface area (TPSA) is 76.1 Å². The molecular weight excluding hydrogens is 310 g/mol. The lowest BCUT2D eigenvalue weighted by Crippen LogP contribution is -2.43. The van der Waals surface area contributed by atoms with Gasteiger partial charge in [-0.2, -0.15) is 0 Å². The molecule has 0 aromatic heterocycles. The largest absolute Gasteiger partial charge is 0.493 e. The molecule has 1 heterocycles. The van der Waals surface area contributed by atoms with Gasteiger partial charge in [0.25, 0.3) is 5.91 Å². The van der Waals surface area contributed by atoms with Crippen molar-refractivity contribution >= 4 is 11.9 Å². The number of ether oxygens (including phenoxy) is 2. The summed E-state index contributed by atoms with van der Waals surface area (Å²) in [4.78, 5) is 26.3. The minimum absolute atomic E-state index is 0.0758. The highest BCUT2D eigenvalue weighted by Crippen LogP contribution is 2.43. The molecule has 1 aliphatic heterocycles. The van der Waals surface area contributed by atoms with Crippen LogP contribution in [0.2, 0.25) is 0 Å². The highest BCUT2D eigenvalue weighted by molar-refractivity contribution is 5.99. The van der Waals surface area contributed by atoms with Crippen LogP contribution in [0.1, 0.15) is 35.2 Å². The van der Waals surface area contributed by atoms with Gasteiger partial charge in [-0.25, -0.2) is 4.79 Å². The number of carboxylic acids is 1. The molecule has 1 saturated heterocycles. The third-order valence-electron chi connectivity index (χ3n) is 5.37. The Hall–Kier alpha value is -2.24. The van der Waals surface area contributed by atoms with Gasteiger partial charge in [-0.3, -0.25) is 4.79 Å². The third-order valence-corrected chi connectivity index (χ3v) is 5.37. The van der Waals surface area contributed by atoms with Crippen molar-refractivity contribution < 1.29 is 24.2 Å². The summed E-state index contributed by atoms with van der Waals surface area (Å²) in [7, 11) is 3.06. The fourth-order valence-corrected chi connectivity index (χ4v) is 4.20. The maximum absolute atomic E-state index is 13.0. The Morgan fingerprint density at radius 2 is 1.83 bits per heavy atom. The summed E-state index contributed by atoms with van der Waals surface area (Å²) in [5.41, 5.74) is 1.22. The lowest BCUT2D eigenvalue weighted by atomic mass is 9.94. The number of carboxylic acid groups (broad SMARTS) is 1. The monoisotopic (exact) mass is 333 g/mol. The molecule has 6 heteroatoms. The number of nitrogens with zero attached hydrogens (tertiary/aromatic N) is 1. The second-order valence-electron chi connectivity index (χ2n) is 6.62. The minimum Gasteiger partial charge on any atom is -0.493 e. The van der Waals surface area contributed by atoms with Gasteiger partial charge >= 0.3 is 5.97 Å². The average molecular weight is 333 g/mol. The van der Waals surface area contributed by atoms with Crippen LogP contribution in [0.3, 0.4) is 0 Å². The zero-order valence-corrected chi connectivity index (χ0v) is 14.2. The minimum atomic E-state index is -0.907. The number of fused-ring (bicyclic) bond motifs is 1. The lowest BCUT2D eigenvalue weighted by Gasteiger charge is -2.25. The number of amides is 1. The van der Waals surface area contributed by atoms with Gasteiger partial charge in [0.15, 0.2) is 11.5 Å². The van der Waals surface area contributed by atoms with Crippen molar-refractivity contribution in [1.29, 1.82) is 0 Å². The van der Waals surface area contributed by atoms with E-state index >= 15 is 0 Å². The van der Waals surface area contributed by atoms with E-state index < -0.39 is 12.0 Å². The number of benzene rings is 1. The first-order valence-electron chi connectivity index (χ1n) is 8.24. The van der Waals surface area contributed by atoms with E-state index in [0.29, 0.717) is 29.5 Å². The normalized spacial score (nSPS) is 25.5. The zero-order valence-electron chi connectivity index (χ0n) is 14.2. The van der Waals surface area contributed by atoms with E-state index in [0.717, 1.165) is 24.8 Å². The van der Waals surface area contributed by atoms with E-state index in [2.05, 4.69) is 0 Å². The Balaban J connectivity index is 1.95. The Morgan fingerprint density at radius 1 is 1.17 bits per heavy atom. The van der Waals surface area contributed by atoms with Crippen LogP contribution in [-0.4, -0.2) is 48.7 Å². The van der Waals surface area contributed by atoms with Crippen molar-refractivity contribution in [3.8, 4) is 11.5 Å². The van der Waals surface area contributed by atoms with Gasteiger partial charge in [0.1, 0.15) is 6.04 Å². The first-order chi connectivity index (χ1) is 11.5. The molecule has 0 bridgehead atoms. The maximum Gasteiger partial charge on any atom is 0.326 e. The van der Waals surface area contributed by atoms with Crippen molar-refractivity contribution in [2.75, 3.05) is 20.8 Å². The Morgan fingerprint density at radius 3 is 2.46 bits per heavy atom. The van der Waals surface area contributed by atoms with E-state index in [9.17, 15) is 14.7 Å². The smallest absolute Gasteiger partial charge is 0.326 e. The van der Waals surface area contributed by atoms with E-state index in [1.54, 1.807) is 19.2 Å². The number of hydrogen-bond acceptors (Lipinski definition) is 4. The van der Waals surface area contributed by atoms with Gasteiger partial charge in [-0.1, -0.05) is 6.42 Å². The number of carbonyl (C=O) groups is 2. The average Bonchev–Trinajstić information content (AvgIpc) is 3.13. The quantitative estimate of drug-likeness (QED) is 0.915. The SMILES string of the molecule is COc1cc(C)c(C(=O)N2CC3CCCC3C2C(=O)O)cc1OC. The van der Waals surface area contributed by atoms with Crippen LogP contribution in [-0.2, 0) is 4.79 Å². The summed E-state index contributed by atoms with van der Waals surface area (Å²) < 4.78 is 10.5. The molecule has 3 rings (SSSR count). The summed E-state index contributed by atoms with van der Waals surface area (Å²) in [5, 5.41) is 9.64. The highest BCUT2D eigenvalue weighted by Gasteiger charge is 2.49. The first kappa shape index (κ1) is 16.6. The van der Waals surface area contributed by atoms with Crippen molar-refractivity contribution in [1.82, 2.24) is 4.90 Å². The van der Waals surface area contributed by atoms with Gasteiger partial charge in [0.2, 0.25) is 0 Å². The van der Waals surface area contributed by atoms with Crippen LogP contribution in [0.4, 0.5) is 0 Å². The molecular formula is C18H23NO5. The van der Waals surface area contributed by atoms with Crippen LogP contribution >= 0.6 is 0 Å². The molecule has 130 valence electrons. The summed E-state index contributed by atoms with van der Waals surface area (Å²) in [6, 6.07) is 2.67. The van der Waals surface area contributed by atoms with Crippen molar-refractivity contribution in [3.05, 3.63) is 23.3 Å². The van der Waals surface area contributed by atoms with Crippen molar-refractivity contribution in [2.24, 2.45) is 11.8 Å². The molecule has 0 radical (unpaired) electrons. The van der Waals surface area contributed by atoms with E-state index in [-0.39, 0.29) is 11.8 Å².